The first-order valence-corrected chi connectivity index (χ1v) is 10.2. The summed E-state index contributed by atoms with van der Waals surface area (Å²) in [5, 5.41) is 3.38. The lowest BCUT2D eigenvalue weighted by molar-refractivity contribution is -0.121. The van der Waals surface area contributed by atoms with Crippen LogP contribution in [0.2, 0.25) is 5.02 Å². The van der Waals surface area contributed by atoms with Crippen LogP contribution in [0.25, 0.3) is 0 Å². The number of carbonyl (C=O) groups excluding carboxylic acids is 1. The quantitative estimate of drug-likeness (QED) is 0.676. The van der Waals surface area contributed by atoms with Crippen LogP contribution in [0.15, 0.2) is 47.4 Å². The molecule has 0 bridgehead atoms. The number of halogens is 1. The minimum atomic E-state index is -3.57. The predicted octanol–water partition coefficient (Wildman–Crippen LogP) is 2.98. The highest BCUT2D eigenvalue weighted by molar-refractivity contribution is 7.89. The van der Waals surface area contributed by atoms with Gasteiger partial charge in [-0.05, 0) is 61.2 Å². The second kappa shape index (κ2) is 9.16. The van der Waals surface area contributed by atoms with Gasteiger partial charge in [0.25, 0.3) is 0 Å². The average molecular weight is 395 g/mol. The van der Waals surface area contributed by atoms with E-state index in [2.05, 4.69) is 10.0 Å². The molecule has 7 heteroatoms. The monoisotopic (exact) mass is 394 g/mol. The number of nitrogens with one attached hydrogen (secondary N) is 2. The molecule has 2 N–H and O–H groups in total. The van der Waals surface area contributed by atoms with Gasteiger partial charge in [-0.3, -0.25) is 4.79 Å². The predicted molar refractivity (Wildman–Crippen MR) is 104 cm³/mol. The third-order valence-electron chi connectivity index (χ3n) is 4.08. The summed E-state index contributed by atoms with van der Waals surface area (Å²) in [7, 11) is -3.57. The molecule has 2 aromatic carbocycles. The molecule has 0 aliphatic rings. The van der Waals surface area contributed by atoms with E-state index in [1.54, 1.807) is 30.3 Å². The number of rotatable bonds is 8. The molecule has 5 nitrogen and oxygen atoms in total. The van der Waals surface area contributed by atoms with Gasteiger partial charge in [0.15, 0.2) is 0 Å². The smallest absolute Gasteiger partial charge is 0.240 e. The van der Waals surface area contributed by atoms with Crippen molar-refractivity contribution in [2.75, 3.05) is 13.1 Å². The first-order valence-electron chi connectivity index (χ1n) is 8.36. The molecule has 0 unspecified atom stereocenters. The topological polar surface area (TPSA) is 75.3 Å². The van der Waals surface area contributed by atoms with E-state index in [0.717, 1.165) is 16.7 Å². The molecule has 0 spiro atoms. The molecular formula is C19H23ClN2O3S. The van der Waals surface area contributed by atoms with Crippen molar-refractivity contribution in [2.24, 2.45) is 0 Å². The summed E-state index contributed by atoms with van der Waals surface area (Å²) in [6.45, 7) is 4.18. The standard InChI is InChI=1S/C19H23ClN2O3S/c1-14-3-9-18(13-15(14)2)26(24,25)22-12-11-21-19(23)10-6-16-4-7-17(20)8-5-16/h3-5,7-9,13,22H,6,10-12H2,1-2H3,(H,21,23). The molecule has 0 atom stereocenters. The summed E-state index contributed by atoms with van der Waals surface area (Å²) >= 11 is 5.82. The Morgan fingerprint density at radius 3 is 2.35 bits per heavy atom. The van der Waals surface area contributed by atoms with Crippen molar-refractivity contribution in [3.05, 3.63) is 64.2 Å². The van der Waals surface area contributed by atoms with Gasteiger partial charge in [0.2, 0.25) is 15.9 Å². The van der Waals surface area contributed by atoms with Gasteiger partial charge >= 0.3 is 0 Å². The zero-order valence-corrected chi connectivity index (χ0v) is 16.5. The number of benzene rings is 2. The molecule has 140 valence electrons. The lowest BCUT2D eigenvalue weighted by Crippen LogP contribution is -2.34. The summed E-state index contributed by atoms with van der Waals surface area (Å²) < 4.78 is 27.0. The first-order chi connectivity index (χ1) is 12.3. The van der Waals surface area contributed by atoms with Crippen LogP contribution in [0.5, 0.6) is 0 Å². The first kappa shape index (κ1) is 20.4. The third kappa shape index (κ3) is 6.12. The highest BCUT2D eigenvalue weighted by atomic mass is 35.5. The highest BCUT2D eigenvalue weighted by Gasteiger charge is 2.14. The van der Waals surface area contributed by atoms with Gasteiger partial charge < -0.3 is 5.32 Å². The van der Waals surface area contributed by atoms with Gasteiger partial charge in [-0.2, -0.15) is 0 Å². The normalized spacial score (nSPS) is 11.3. The van der Waals surface area contributed by atoms with E-state index in [1.165, 1.54) is 0 Å². The fraction of sp³-hybridized carbons (Fsp3) is 0.316. The van der Waals surface area contributed by atoms with Crippen LogP contribution in [0, 0.1) is 13.8 Å². The molecule has 0 saturated heterocycles. The van der Waals surface area contributed by atoms with Crippen LogP contribution in [-0.2, 0) is 21.2 Å². The summed E-state index contributed by atoms with van der Waals surface area (Å²) in [6.07, 6.45) is 0.947. The number of amides is 1. The van der Waals surface area contributed by atoms with Crippen molar-refractivity contribution in [2.45, 2.75) is 31.6 Å². The van der Waals surface area contributed by atoms with Crippen LogP contribution >= 0.6 is 11.6 Å². The van der Waals surface area contributed by atoms with Gasteiger partial charge in [-0.15, -0.1) is 0 Å². The van der Waals surface area contributed by atoms with Crippen molar-refractivity contribution in [3.8, 4) is 0 Å². The van der Waals surface area contributed by atoms with E-state index >= 15 is 0 Å². The molecule has 0 radical (unpaired) electrons. The van der Waals surface area contributed by atoms with Gasteiger partial charge in [0, 0.05) is 24.5 Å². The summed E-state index contributed by atoms with van der Waals surface area (Å²) in [5.74, 6) is -0.120. The average Bonchev–Trinajstić information content (AvgIpc) is 2.60. The van der Waals surface area contributed by atoms with Crippen molar-refractivity contribution in [1.29, 1.82) is 0 Å². The largest absolute Gasteiger partial charge is 0.355 e. The second-order valence-electron chi connectivity index (χ2n) is 6.12. The SMILES string of the molecule is Cc1ccc(S(=O)(=O)NCCNC(=O)CCc2ccc(Cl)cc2)cc1C. The molecule has 0 saturated carbocycles. The molecule has 0 heterocycles. The van der Waals surface area contributed by atoms with E-state index in [9.17, 15) is 13.2 Å². The zero-order chi connectivity index (χ0) is 19.2. The van der Waals surface area contributed by atoms with E-state index in [4.69, 9.17) is 11.6 Å². The minimum Gasteiger partial charge on any atom is -0.355 e. The van der Waals surface area contributed by atoms with Crippen molar-refractivity contribution < 1.29 is 13.2 Å². The molecule has 0 aromatic heterocycles. The molecular weight excluding hydrogens is 372 g/mol. The lowest BCUT2D eigenvalue weighted by Gasteiger charge is -2.09. The zero-order valence-electron chi connectivity index (χ0n) is 14.9. The van der Waals surface area contributed by atoms with Crippen LogP contribution < -0.4 is 10.0 Å². The van der Waals surface area contributed by atoms with Crippen LogP contribution in [-0.4, -0.2) is 27.4 Å². The minimum absolute atomic E-state index is 0.120. The third-order valence-corrected chi connectivity index (χ3v) is 5.79. The Balaban J connectivity index is 1.74. The summed E-state index contributed by atoms with van der Waals surface area (Å²) in [4.78, 5) is 12.1. The molecule has 0 aliphatic heterocycles. The van der Waals surface area contributed by atoms with E-state index < -0.39 is 10.0 Å². The van der Waals surface area contributed by atoms with Gasteiger partial charge in [-0.25, -0.2) is 13.1 Å². The maximum atomic E-state index is 12.2. The van der Waals surface area contributed by atoms with Gasteiger partial charge in [0.1, 0.15) is 0 Å². The van der Waals surface area contributed by atoms with Gasteiger partial charge in [-0.1, -0.05) is 29.8 Å². The van der Waals surface area contributed by atoms with Crippen LogP contribution in [0.4, 0.5) is 0 Å². The molecule has 2 aromatic rings. The highest BCUT2D eigenvalue weighted by Crippen LogP contribution is 2.14. The number of carbonyl (C=O) groups is 1. The van der Waals surface area contributed by atoms with Crippen molar-refractivity contribution in [1.82, 2.24) is 10.0 Å². The molecule has 0 aliphatic carbocycles. The fourth-order valence-corrected chi connectivity index (χ4v) is 3.59. The van der Waals surface area contributed by atoms with Crippen LogP contribution in [0.3, 0.4) is 0 Å². The number of hydrogen-bond donors (Lipinski definition) is 2. The fourth-order valence-electron chi connectivity index (χ4n) is 2.35. The molecule has 26 heavy (non-hydrogen) atoms. The molecule has 2 rings (SSSR count). The van der Waals surface area contributed by atoms with E-state index in [-0.39, 0.29) is 23.9 Å². The van der Waals surface area contributed by atoms with Gasteiger partial charge in [0.05, 0.1) is 4.90 Å². The Morgan fingerprint density at radius 1 is 1.00 bits per heavy atom. The Bertz CT molecular complexity index is 865. The maximum Gasteiger partial charge on any atom is 0.240 e. The summed E-state index contributed by atoms with van der Waals surface area (Å²) in [6, 6.07) is 12.3. The van der Waals surface area contributed by atoms with Crippen LogP contribution in [0.1, 0.15) is 23.1 Å². The number of aryl methyl sites for hydroxylation is 3. The van der Waals surface area contributed by atoms with E-state index in [1.807, 2.05) is 26.0 Å². The van der Waals surface area contributed by atoms with E-state index in [0.29, 0.717) is 17.9 Å². The van der Waals surface area contributed by atoms with Crippen molar-refractivity contribution in [3.63, 3.8) is 0 Å². The molecule has 0 fully saturated rings. The number of hydrogen-bond acceptors (Lipinski definition) is 3. The Morgan fingerprint density at radius 2 is 1.69 bits per heavy atom. The Hall–Kier alpha value is -1.89. The van der Waals surface area contributed by atoms with Crippen molar-refractivity contribution >= 4 is 27.5 Å². The number of sulfonamides is 1. The Kier molecular flexibility index (Phi) is 7.20. The second-order valence-corrected chi connectivity index (χ2v) is 8.32. The lowest BCUT2D eigenvalue weighted by atomic mass is 10.1. The summed E-state index contributed by atoms with van der Waals surface area (Å²) in [5.41, 5.74) is 2.99. The Labute approximate surface area is 159 Å². The molecule has 1 amide bonds. The maximum absolute atomic E-state index is 12.2.